The molecule has 0 aromatic carbocycles. The van der Waals surface area contributed by atoms with Gasteiger partial charge in [-0.2, -0.15) is 0 Å². The van der Waals surface area contributed by atoms with Crippen LogP contribution in [0.1, 0.15) is 31.7 Å². The number of pyridine rings is 1. The minimum absolute atomic E-state index is 0.196. The van der Waals surface area contributed by atoms with Crippen LogP contribution in [0.5, 0.6) is 5.75 Å². The molecule has 1 aliphatic heterocycles. The quantitative estimate of drug-likeness (QED) is 0.829. The summed E-state index contributed by atoms with van der Waals surface area (Å²) in [6, 6.07) is 4.00. The topological polar surface area (TPSA) is 34.1 Å². The van der Waals surface area contributed by atoms with E-state index in [1.807, 2.05) is 26.0 Å². The van der Waals surface area contributed by atoms with Crippen molar-refractivity contribution >= 4 is 0 Å². The maximum Gasteiger partial charge on any atom is 0.123 e. The van der Waals surface area contributed by atoms with Gasteiger partial charge in [-0.3, -0.25) is 4.98 Å². The zero-order valence-corrected chi connectivity index (χ0v) is 10.5. The summed E-state index contributed by atoms with van der Waals surface area (Å²) in [6.45, 7) is 9.33. The molecular formula is C13H20N2O. The van der Waals surface area contributed by atoms with Crippen LogP contribution in [0.3, 0.4) is 0 Å². The second kappa shape index (κ2) is 4.06. The lowest BCUT2D eigenvalue weighted by Gasteiger charge is -2.17. The van der Waals surface area contributed by atoms with Crippen LogP contribution in [0.2, 0.25) is 0 Å². The van der Waals surface area contributed by atoms with Gasteiger partial charge in [-0.05, 0) is 27.7 Å². The molecule has 2 rings (SSSR count). The van der Waals surface area contributed by atoms with E-state index < -0.39 is 0 Å². The van der Waals surface area contributed by atoms with Gasteiger partial charge in [0.15, 0.2) is 0 Å². The number of aryl methyl sites for hydroxylation is 2. The maximum atomic E-state index is 5.97. The predicted molar refractivity (Wildman–Crippen MR) is 64.8 cm³/mol. The highest BCUT2D eigenvalue weighted by Gasteiger charge is 2.31. The maximum absolute atomic E-state index is 5.97. The smallest absolute Gasteiger partial charge is 0.123 e. The first-order chi connectivity index (χ1) is 7.44. The lowest BCUT2D eigenvalue weighted by Crippen LogP contribution is -2.31. The first kappa shape index (κ1) is 11.4. The van der Waals surface area contributed by atoms with Crippen molar-refractivity contribution in [1.29, 1.82) is 0 Å². The lowest BCUT2D eigenvalue weighted by molar-refractivity contribution is 0.214. The molecule has 0 radical (unpaired) electrons. The fourth-order valence-electron chi connectivity index (χ4n) is 2.24. The predicted octanol–water partition coefficient (Wildman–Crippen LogP) is 2.22. The van der Waals surface area contributed by atoms with E-state index in [0.29, 0.717) is 0 Å². The fraction of sp³-hybridized carbons (Fsp3) is 0.615. The normalized spacial score (nSPS) is 23.4. The highest BCUT2D eigenvalue weighted by molar-refractivity contribution is 5.26. The summed E-state index contributed by atoms with van der Waals surface area (Å²) >= 11 is 0. The minimum Gasteiger partial charge on any atom is -0.489 e. The van der Waals surface area contributed by atoms with Gasteiger partial charge in [0.2, 0.25) is 0 Å². The highest BCUT2D eigenvalue weighted by Crippen LogP contribution is 2.23. The Kier molecular flexibility index (Phi) is 2.89. The van der Waals surface area contributed by atoms with Crippen LogP contribution in [0.25, 0.3) is 0 Å². The van der Waals surface area contributed by atoms with Crippen LogP contribution in [0.15, 0.2) is 12.1 Å². The zero-order valence-electron chi connectivity index (χ0n) is 10.5. The molecule has 3 heteroatoms. The molecule has 3 nitrogen and oxygen atoms in total. The van der Waals surface area contributed by atoms with Crippen LogP contribution in [0.4, 0.5) is 0 Å². The molecule has 0 bridgehead atoms. The molecule has 1 aromatic heterocycles. The third kappa shape index (κ3) is 2.73. The Bertz CT molecular complexity index is 367. The van der Waals surface area contributed by atoms with Crippen molar-refractivity contribution in [1.82, 2.24) is 10.3 Å². The molecule has 0 saturated carbocycles. The number of nitrogens with zero attached hydrogens (tertiary/aromatic N) is 1. The Balaban J connectivity index is 2.05. The first-order valence-corrected chi connectivity index (χ1v) is 5.82. The van der Waals surface area contributed by atoms with Crippen molar-refractivity contribution in [3.8, 4) is 5.75 Å². The molecule has 0 aliphatic carbocycles. The van der Waals surface area contributed by atoms with Gasteiger partial charge >= 0.3 is 0 Å². The molecule has 0 spiro atoms. The third-order valence-corrected chi connectivity index (χ3v) is 2.90. The van der Waals surface area contributed by atoms with Crippen molar-refractivity contribution < 1.29 is 4.74 Å². The number of hydrogen-bond acceptors (Lipinski definition) is 3. The molecule has 88 valence electrons. The van der Waals surface area contributed by atoms with Gasteiger partial charge in [-0.15, -0.1) is 0 Å². The molecule has 1 unspecified atom stereocenters. The Hall–Kier alpha value is -1.09. The van der Waals surface area contributed by atoms with E-state index in [-0.39, 0.29) is 11.6 Å². The molecule has 1 saturated heterocycles. The minimum atomic E-state index is 0.196. The van der Waals surface area contributed by atoms with Gasteiger partial charge in [-0.25, -0.2) is 0 Å². The molecule has 2 heterocycles. The van der Waals surface area contributed by atoms with Crippen LogP contribution >= 0.6 is 0 Å². The number of ether oxygens (including phenoxy) is 1. The zero-order chi connectivity index (χ0) is 11.8. The van der Waals surface area contributed by atoms with Crippen molar-refractivity contribution in [3.05, 3.63) is 23.5 Å². The van der Waals surface area contributed by atoms with Crippen LogP contribution < -0.4 is 10.1 Å². The average Bonchev–Trinajstić information content (AvgIpc) is 2.43. The van der Waals surface area contributed by atoms with E-state index in [1.54, 1.807) is 0 Å². The number of rotatable bonds is 2. The third-order valence-electron chi connectivity index (χ3n) is 2.90. The summed E-state index contributed by atoms with van der Waals surface area (Å²) in [5.74, 6) is 0.939. The molecular weight excluding hydrogens is 200 g/mol. The second-order valence-corrected chi connectivity index (χ2v) is 5.29. The largest absolute Gasteiger partial charge is 0.489 e. The van der Waals surface area contributed by atoms with E-state index in [0.717, 1.165) is 30.1 Å². The van der Waals surface area contributed by atoms with E-state index in [2.05, 4.69) is 24.1 Å². The van der Waals surface area contributed by atoms with E-state index in [1.165, 1.54) is 0 Å². The van der Waals surface area contributed by atoms with Crippen LogP contribution in [0, 0.1) is 13.8 Å². The Morgan fingerprint density at radius 3 is 2.44 bits per heavy atom. The van der Waals surface area contributed by atoms with Crippen molar-refractivity contribution in [3.63, 3.8) is 0 Å². The van der Waals surface area contributed by atoms with Crippen molar-refractivity contribution in [2.24, 2.45) is 0 Å². The van der Waals surface area contributed by atoms with E-state index in [4.69, 9.17) is 4.74 Å². The average molecular weight is 220 g/mol. The summed E-state index contributed by atoms with van der Waals surface area (Å²) in [7, 11) is 0. The van der Waals surface area contributed by atoms with Gasteiger partial charge < -0.3 is 10.1 Å². The molecule has 16 heavy (non-hydrogen) atoms. The molecule has 1 aliphatic rings. The monoisotopic (exact) mass is 220 g/mol. The first-order valence-electron chi connectivity index (χ1n) is 5.82. The molecule has 1 N–H and O–H groups in total. The summed E-state index contributed by atoms with van der Waals surface area (Å²) in [4.78, 5) is 4.34. The molecule has 1 fully saturated rings. The lowest BCUT2D eigenvalue weighted by atomic mass is 10.0. The van der Waals surface area contributed by atoms with Crippen LogP contribution in [-0.4, -0.2) is 23.2 Å². The summed E-state index contributed by atoms with van der Waals surface area (Å²) in [5, 5.41) is 3.45. The number of aromatic nitrogens is 1. The molecule has 1 aromatic rings. The van der Waals surface area contributed by atoms with Gasteiger partial charge in [0, 0.05) is 42.0 Å². The van der Waals surface area contributed by atoms with Gasteiger partial charge in [-0.1, -0.05) is 0 Å². The van der Waals surface area contributed by atoms with E-state index >= 15 is 0 Å². The van der Waals surface area contributed by atoms with Gasteiger partial charge in [0.25, 0.3) is 0 Å². The Morgan fingerprint density at radius 2 is 1.94 bits per heavy atom. The van der Waals surface area contributed by atoms with Gasteiger partial charge in [0.05, 0.1) is 0 Å². The van der Waals surface area contributed by atoms with E-state index in [9.17, 15) is 0 Å². The fourth-order valence-corrected chi connectivity index (χ4v) is 2.24. The SMILES string of the molecule is Cc1cc(OC2CNC(C)(C)C2)cc(C)n1. The second-order valence-electron chi connectivity index (χ2n) is 5.29. The van der Waals surface area contributed by atoms with Gasteiger partial charge in [0.1, 0.15) is 11.9 Å². The van der Waals surface area contributed by atoms with Crippen molar-refractivity contribution in [2.75, 3.05) is 6.54 Å². The standard InChI is InChI=1S/C13H20N2O/c1-9-5-11(6-10(2)15-9)16-12-7-13(3,4)14-8-12/h5-6,12,14H,7-8H2,1-4H3. The molecule has 1 atom stereocenters. The Labute approximate surface area is 97.2 Å². The summed E-state index contributed by atoms with van der Waals surface area (Å²) < 4.78 is 5.97. The number of hydrogen-bond donors (Lipinski definition) is 1. The Morgan fingerprint density at radius 1 is 1.31 bits per heavy atom. The summed E-state index contributed by atoms with van der Waals surface area (Å²) in [5.41, 5.74) is 2.22. The van der Waals surface area contributed by atoms with Crippen LogP contribution in [-0.2, 0) is 0 Å². The highest BCUT2D eigenvalue weighted by atomic mass is 16.5. The number of nitrogens with one attached hydrogen (secondary N) is 1. The van der Waals surface area contributed by atoms with Crippen molar-refractivity contribution in [2.45, 2.75) is 45.8 Å². The molecule has 0 amide bonds. The summed E-state index contributed by atoms with van der Waals surface area (Å²) in [6.07, 6.45) is 1.32.